The van der Waals surface area contributed by atoms with Crippen LogP contribution < -0.4 is 20.4 Å². The van der Waals surface area contributed by atoms with Crippen molar-refractivity contribution in [1.82, 2.24) is 15.3 Å². The van der Waals surface area contributed by atoms with Gasteiger partial charge in [-0.15, -0.1) is 0 Å². The third-order valence-electron chi connectivity index (χ3n) is 8.19. The van der Waals surface area contributed by atoms with E-state index in [0.717, 1.165) is 62.2 Å². The van der Waals surface area contributed by atoms with Gasteiger partial charge in [-0.2, -0.15) is 9.97 Å². The molecule has 1 saturated carbocycles. The number of aromatic nitrogens is 2. The average Bonchev–Trinajstić information content (AvgIpc) is 3.38. The van der Waals surface area contributed by atoms with Gasteiger partial charge in [-0.05, 0) is 80.8 Å². The van der Waals surface area contributed by atoms with E-state index < -0.39 is 0 Å². The minimum Gasteiger partial charge on any atom is -0.361 e. The van der Waals surface area contributed by atoms with Crippen LogP contribution in [0.5, 0.6) is 0 Å². The molecule has 3 heterocycles. The molecule has 5 rings (SSSR count). The van der Waals surface area contributed by atoms with Gasteiger partial charge in [-0.25, -0.2) is 0 Å². The second-order valence-electron chi connectivity index (χ2n) is 11.0. The lowest BCUT2D eigenvalue weighted by molar-refractivity contribution is 0.435. The molecule has 2 N–H and O–H groups in total. The van der Waals surface area contributed by atoms with Gasteiger partial charge in [0.15, 0.2) is 5.11 Å². The van der Waals surface area contributed by atoms with Crippen LogP contribution in [0.2, 0.25) is 5.02 Å². The van der Waals surface area contributed by atoms with Crippen molar-refractivity contribution < 1.29 is 0 Å². The summed E-state index contributed by atoms with van der Waals surface area (Å²) in [7, 11) is 0. The number of nitrogens with zero attached hydrogens (tertiary/aromatic N) is 4. The van der Waals surface area contributed by atoms with E-state index in [1.54, 1.807) is 0 Å². The molecule has 8 heteroatoms. The summed E-state index contributed by atoms with van der Waals surface area (Å²) in [4.78, 5) is 14.7. The molecule has 0 amide bonds. The molecule has 1 atom stereocenters. The molecule has 0 unspecified atom stereocenters. The number of thiocarbonyl (C=S) groups is 1. The van der Waals surface area contributed by atoms with Crippen LogP contribution in [0.3, 0.4) is 0 Å². The van der Waals surface area contributed by atoms with Crippen molar-refractivity contribution in [2.45, 2.75) is 70.1 Å². The van der Waals surface area contributed by atoms with Crippen molar-refractivity contribution in [1.29, 1.82) is 0 Å². The fraction of sp³-hybridized carbons (Fsp3) is 0.607. The number of benzene rings is 1. The fourth-order valence-corrected chi connectivity index (χ4v) is 6.43. The van der Waals surface area contributed by atoms with E-state index in [0.29, 0.717) is 17.0 Å². The number of hydrogen-bond donors (Lipinski definition) is 2. The van der Waals surface area contributed by atoms with Gasteiger partial charge in [0.05, 0.1) is 0 Å². The smallest absolute Gasteiger partial charge is 0.232 e. The lowest BCUT2D eigenvalue weighted by atomic mass is 9.79. The van der Waals surface area contributed by atoms with Gasteiger partial charge in [-0.1, -0.05) is 43.5 Å². The van der Waals surface area contributed by atoms with E-state index in [-0.39, 0.29) is 5.41 Å². The second-order valence-corrected chi connectivity index (χ2v) is 11.8. The first kappa shape index (κ1) is 25.5. The maximum absolute atomic E-state index is 6.16. The Bertz CT molecular complexity index is 1030. The summed E-state index contributed by atoms with van der Waals surface area (Å²) in [5, 5.41) is 8.22. The SMILES string of the molecule is C[C@H]1CCCN(c2cc(N3CCCCC3)nc(NC(=S)NCC3(c4ccc(Cl)cc4)CCCC3)n2)C1. The molecule has 6 nitrogen and oxygen atoms in total. The van der Waals surface area contributed by atoms with E-state index >= 15 is 0 Å². The number of rotatable bonds is 6. The zero-order valence-electron chi connectivity index (χ0n) is 21.4. The van der Waals surface area contributed by atoms with E-state index in [1.807, 2.05) is 12.1 Å². The summed E-state index contributed by atoms with van der Waals surface area (Å²) < 4.78 is 0. The minimum atomic E-state index is 0.0853. The summed E-state index contributed by atoms with van der Waals surface area (Å²) in [5.74, 6) is 3.30. The monoisotopic (exact) mass is 526 g/mol. The van der Waals surface area contributed by atoms with Crippen LogP contribution in [0.4, 0.5) is 17.6 Å². The topological polar surface area (TPSA) is 56.3 Å². The van der Waals surface area contributed by atoms with Crippen LogP contribution >= 0.6 is 23.8 Å². The van der Waals surface area contributed by atoms with Crippen LogP contribution in [-0.4, -0.2) is 47.8 Å². The molecule has 36 heavy (non-hydrogen) atoms. The highest BCUT2D eigenvalue weighted by Gasteiger charge is 2.35. The van der Waals surface area contributed by atoms with Crippen molar-refractivity contribution >= 4 is 46.5 Å². The Morgan fingerprint density at radius 2 is 1.64 bits per heavy atom. The Morgan fingerprint density at radius 3 is 2.33 bits per heavy atom. The Morgan fingerprint density at radius 1 is 0.972 bits per heavy atom. The first-order valence-electron chi connectivity index (χ1n) is 13.7. The molecular weight excluding hydrogens is 488 g/mol. The highest BCUT2D eigenvalue weighted by atomic mass is 35.5. The summed E-state index contributed by atoms with van der Waals surface area (Å²) in [6, 6.07) is 10.5. The molecule has 2 aliphatic heterocycles. The highest BCUT2D eigenvalue weighted by Crippen LogP contribution is 2.41. The molecule has 194 valence electrons. The second kappa shape index (κ2) is 11.5. The van der Waals surface area contributed by atoms with Crippen molar-refractivity contribution in [2.75, 3.05) is 47.8 Å². The highest BCUT2D eigenvalue weighted by molar-refractivity contribution is 7.80. The Hall–Kier alpha value is -2.12. The Labute approximate surface area is 226 Å². The molecule has 2 aromatic rings. The average molecular weight is 527 g/mol. The molecule has 1 aliphatic carbocycles. The van der Waals surface area contributed by atoms with Gasteiger partial charge in [-0.3, -0.25) is 0 Å². The molecule has 3 fully saturated rings. The van der Waals surface area contributed by atoms with Crippen molar-refractivity contribution in [3.8, 4) is 0 Å². The normalized spacial score (nSPS) is 21.9. The molecule has 0 radical (unpaired) electrons. The van der Waals surface area contributed by atoms with Gasteiger partial charge in [0.25, 0.3) is 0 Å². The number of piperidine rings is 2. The number of nitrogens with one attached hydrogen (secondary N) is 2. The quantitative estimate of drug-likeness (QED) is 0.437. The Kier molecular flexibility index (Phi) is 8.16. The summed E-state index contributed by atoms with van der Waals surface area (Å²) in [6.07, 6.45) is 11.0. The van der Waals surface area contributed by atoms with Crippen LogP contribution in [-0.2, 0) is 5.41 Å². The molecule has 1 aromatic heterocycles. The summed E-state index contributed by atoms with van der Waals surface area (Å²) in [6.45, 7) is 7.32. The van der Waals surface area contributed by atoms with Crippen LogP contribution in [0, 0.1) is 5.92 Å². The number of anilines is 3. The fourth-order valence-electron chi connectivity index (χ4n) is 6.14. The predicted molar refractivity (Wildman–Crippen MR) is 155 cm³/mol. The maximum Gasteiger partial charge on any atom is 0.232 e. The van der Waals surface area contributed by atoms with E-state index in [2.05, 4.69) is 45.6 Å². The molecule has 0 bridgehead atoms. The molecule has 1 aromatic carbocycles. The summed E-state index contributed by atoms with van der Waals surface area (Å²) in [5.41, 5.74) is 1.42. The summed E-state index contributed by atoms with van der Waals surface area (Å²) >= 11 is 11.9. The maximum atomic E-state index is 6.16. The van der Waals surface area contributed by atoms with E-state index in [9.17, 15) is 0 Å². The lowest BCUT2D eigenvalue weighted by Gasteiger charge is -2.34. The van der Waals surface area contributed by atoms with Crippen LogP contribution in [0.1, 0.15) is 70.3 Å². The molecule has 2 saturated heterocycles. The standard InChI is InChI=1S/C28H39ClN6S/c1-21-8-7-17-35(19-21)25-18-24(34-15-5-2-6-16-34)31-26(32-25)33-27(36)30-20-28(13-3-4-14-28)22-9-11-23(29)12-10-22/h9-12,18,21H,2-8,13-17,19-20H2,1H3,(H2,30,31,32,33,36)/t21-/m0/s1. The minimum absolute atomic E-state index is 0.0853. The molecule has 3 aliphatic rings. The van der Waals surface area contributed by atoms with Gasteiger partial charge >= 0.3 is 0 Å². The predicted octanol–water partition coefficient (Wildman–Crippen LogP) is 6.16. The van der Waals surface area contributed by atoms with E-state index in [4.69, 9.17) is 33.8 Å². The lowest BCUT2D eigenvalue weighted by Crippen LogP contribution is -2.41. The molecular formula is C28H39ClN6S. The zero-order valence-corrected chi connectivity index (χ0v) is 23.0. The van der Waals surface area contributed by atoms with Gasteiger partial charge in [0.2, 0.25) is 5.95 Å². The number of hydrogen-bond acceptors (Lipinski definition) is 5. The molecule has 0 spiro atoms. The van der Waals surface area contributed by atoms with Crippen LogP contribution in [0.15, 0.2) is 30.3 Å². The van der Waals surface area contributed by atoms with Gasteiger partial charge in [0, 0.05) is 49.2 Å². The largest absolute Gasteiger partial charge is 0.361 e. The van der Waals surface area contributed by atoms with Gasteiger partial charge in [0.1, 0.15) is 11.6 Å². The van der Waals surface area contributed by atoms with Crippen molar-refractivity contribution in [3.63, 3.8) is 0 Å². The van der Waals surface area contributed by atoms with Gasteiger partial charge < -0.3 is 20.4 Å². The Balaban J connectivity index is 1.31. The zero-order chi connectivity index (χ0) is 25.0. The van der Waals surface area contributed by atoms with Crippen molar-refractivity contribution in [3.05, 3.63) is 40.9 Å². The van der Waals surface area contributed by atoms with Crippen LogP contribution in [0.25, 0.3) is 0 Å². The third-order valence-corrected chi connectivity index (χ3v) is 8.69. The first-order valence-corrected chi connectivity index (χ1v) is 14.5. The van der Waals surface area contributed by atoms with E-state index in [1.165, 1.54) is 50.5 Å². The first-order chi connectivity index (χ1) is 17.5. The van der Waals surface area contributed by atoms with Crippen molar-refractivity contribution in [2.24, 2.45) is 5.92 Å². The number of halogens is 1. The third kappa shape index (κ3) is 6.05.